The molecular formula is C34H29Br3. The molecule has 0 amide bonds. The molecule has 5 atom stereocenters. The lowest BCUT2D eigenvalue weighted by Crippen LogP contribution is -2.80. The van der Waals surface area contributed by atoms with E-state index in [9.17, 15) is 0 Å². The lowest BCUT2D eigenvalue weighted by molar-refractivity contribution is -0.0605. The van der Waals surface area contributed by atoms with Gasteiger partial charge in [-0.3, -0.25) is 0 Å². The standard InChI is InChI=1S/C34H29Br3/c35-29-31(26-15-7-2-8-16-26)21-30(25-13-5-1-6-14-25)22-32(24-31,27-17-9-3-10-18-27)34(36,37)33(29,23-30)28-19-11-4-12-20-28/h1-20,29H,21-24H2. The van der Waals surface area contributed by atoms with Crippen LogP contribution in [0.3, 0.4) is 0 Å². The van der Waals surface area contributed by atoms with E-state index in [4.69, 9.17) is 0 Å². The highest BCUT2D eigenvalue weighted by Crippen LogP contribution is 2.82. The molecule has 5 unspecified atom stereocenters. The summed E-state index contributed by atoms with van der Waals surface area (Å²) < 4.78 is -0.339. The highest BCUT2D eigenvalue weighted by Gasteiger charge is 2.81. The first kappa shape index (κ1) is 24.4. The Bertz CT molecular complexity index is 1420. The zero-order valence-corrected chi connectivity index (χ0v) is 25.3. The second-order valence-corrected chi connectivity index (χ2v) is 16.0. The molecule has 0 radical (unpaired) electrons. The maximum absolute atomic E-state index is 4.49. The van der Waals surface area contributed by atoms with E-state index < -0.39 is 0 Å². The van der Waals surface area contributed by atoms with Crippen LogP contribution >= 0.6 is 47.8 Å². The van der Waals surface area contributed by atoms with E-state index in [1.165, 1.54) is 22.3 Å². The van der Waals surface area contributed by atoms with Crippen molar-refractivity contribution in [2.75, 3.05) is 0 Å². The fourth-order valence-electron chi connectivity index (χ4n) is 8.75. The number of hydrogen-bond acceptors (Lipinski definition) is 0. The molecule has 4 aliphatic rings. The van der Waals surface area contributed by atoms with Crippen molar-refractivity contribution < 1.29 is 0 Å². The van der Waals surface area contributed by atoms with Gasteiger partial charge in [0.15, 0.2) is 0 Å². The predicted molar refractivity (Wildman–Crippen MR) is 164 cm³/mol. The van der Waals surface area contributed by atoms with Crippen LogP contribution in [-0.2, 0) is 21.7 Å². The van der Waals surface area contributed by atoms with E-state index in [0.29, 0.717) is 0 Å². The lowest BCUT2D eigenvalue weighted by Gasteiger charge is -2.78. The van der Waals surface area contributed by atoms with Gasteiger partial charge >= 0.3 is 0 Å². The molecule has 4 aliphatic carbocycles. The molecule has 4 aromatic carbocycles. The summed E-state index contributed by atoms with van der Waals surface area (Å²) in [5, 5.41) is 0. The van der Waals surface area contributed by atoms with Gasteiger partial charge in [0, 0.05) is 21.1 Å². The second-order valence-electron chi connectivity index (χ2n) is 11.6. The number of hydrogen-bond donors (Lipinski definition) is 0. The van der Waals surface area contributed by atoms with Crippen molar-refractivity contribution in [2.45, 2.75) is 55.4 Å². The summed E-state index contributed by atoms with van der Waals surface area (Å²) in [5.74, 6) is 0. The highest BCUT2D eigenvalue weighted by atomic mass is 79.9. The Labute approximate surface area is 245 Å². The quantitative estimate of drug-likeness (QED) is 0.189. The SMILES string of the molecule is BrC1C2(c3ccccc3)CC3(c4ccccc4)CC(c4ccccc4)(C2)C(Br)(Br)C1(c1ccccc1)C3. The largest absolute Gasteiger partial charge is 0.101 e. The molecule has 4 aromatic rings. The van der Waals surface area contributed by atoms with Gasteiger partial charge in [-0.2, -0.15) is 0 Å². The van der Waals surface area contributed by atoms with E-state index in [2.05, 4.69) is 169 Å². The van der Waals surface area contributed by atoms with Crippen molar-refractivity contribution in [2.24, 2.45) is 0 Å². The van der Waals surface area contributed by atoms with Crippen molar-refractivity contribution in [3.8, 4) is 0 Å². The van der Waals surface area contributed by atoms with Crippen molar-refractivity contribution in [3.05, 3.63) is 144 Å². The average Bonchev–Trinajstić information content (AvgIpc) is 2.96. The first-order valence-corrected chi connectivity index (χ1v) is 15.6. The third-order valence-electron chi connectivity index (χ3n) is 9.96. The third kappa shape index (κ3) is 3.06. The van der Waals surface area contributed by atoms with Gasteiger partial charge in [0.25, 0.3) is 0 Å². The van der Waals surface area contributed by atoms with Crippen LogP contribution in [0, 0.1) is 0 Å². The molecule has 186 valence electrons. The van der Waals surface area contributed by atoms with Crippen molar-refractivity contribution in [1.82, 2.24) is 0 Å². The molecule has 0 saturated heterocycles. The van der Waals surface area contributed by atoms with Crippen LogP contribution in [0.15, 0.2) is 121 Å². The average molecular weight is 677 g/mol. The topological polar surface area (TPSA) is 0 Å². The Balaban J connectivity index is 1.62. The minimum absolute atomic E-state index is 0.0374. The van der Waals surface area contributed by atoms with E-state index in [-0.39, 0.29) is 29.7 Å². The number of alkyl halides is 3. The molecular weight excluding hydrogens is 648 g/mol. The monoisotopic (exact) mass is 674 g/mol. The minimum atomic E-state index is -0.339. The van der Waals surface area contributed by atoms with Crippen LogP contribution in [0.4, 0.5) is 0 Å². The second kappa shape index (κ2) is 8.41. The molecule has 3 heteroatoms. The van der Waals surface area contributed by atoms with Crippen LogP contribution in [0.5, 0.6) is 0 Å². The lowest BCUT2D eigenvalue weighted by atomic mass is 9.32. The van der Waals surface area contributed by atoms with Gasteiger partial charge in [0.2, 0.25) is 0 Å². The molecule has 0 heterocycles. The predicted octanol–water partition coefficient (Wildman–Crippen LogP) is 9.59. The van der Waals surface area contributed by atoms with E-state index in [0.717, 1.165) is 25.7 Å². The Hall–Kier alpha value is -1.68. The summed E-state index contributed by atoms with van der Waals surface area (Å²) in [4.78, 5) is 0.241. The van der Waals surface area contributed by atoms with Crippen LogP contribution in [-0.4, -0.2) is 8.06 Å². The van der Waals surface area contributed by atoms with Crippen LogP contribution in [0.25, 0.3) is 0 Å². The molecule has 4 fully saturated rings. The van der Waals surface area contributed by atoms with Gasteiger partial charge in [-0.05, 0) is 53.4 Å². The fourth-order valence-corrected chi connectivity index (χ4v) is 12.9. The number of rotatable bonds is 4. The number of halogens is 3. The van der Waals surface area contributed by atoms with Gasteiger partial charge in [0.05, 0.1) is 0 Å². The minimum Gasteiger partial charge on any atom is -0.0870 e. The van der Waals surface area contributed by atoms with E-state index in [1.807, 2.05) is 0 Å². The zero-order chi connectivity index (χ0) is 25.4. The smallest absolute Gasteiger partial charge is 0.0870 e. The summed E-state index contributed by atoms with van der Waals surface area (Å²) in [6, 6.07) is 45.3. The van der Waals surface area contributed by atoms with Gasteiger partial charge in [-0.1, -0.05) is 169 Å². The fraction of sp³-hybridized carbons (Fsp3) is 0.294. The van der Waals surface area contributed by atoms with E-state index >= 15 is 0 Å². The highest BCUT2D eigenvalue weighted by molar-refractivity contribution is 9.25. The molecule has 4 saturated carbocycles. The molecule has 0 nitrogen and oxygen atoms in total. The first-order chi connectivity index (χ1) is 17.9. The summed E-state index contributed by atoms with van der Waals surface area (Å²) in [7, 11) is 0. The Morgan fingerprint density at radius 1 is 0.486 bits per heavy atom. The molecule has 8 rings (SSSR count). The molecule has 37 heavy (non-hydrogen) atoms. The maximum atomic E-state index is 4.49. The zero-order valence-electron chi connectivity index (χ0n) is 20.6. The van der Waals surface area contributed by atoms with Crippen LogP contribution in [0.2, 0.25) is 0 Å². The van der Waals surface area contributed by atoms with Gasteiger partial charge in [0.1, 0.15) is 3.23 Å². The molecule has 4 bridgehead atoms. The third-order valence-corrected chi connectivity index (χ3v) is 14.5. The summed E-state index contributed by atoms with van der Waals surface area (Å²) in [5.41, 5.74) is 5.41. The van der Waals surface area contributed by atoms with Crippen molar-refractivity contribution in [3.63, 3.8) is 0 Å². The van der Waals surface area contributed by atoms with Crippen LogP contribution < -0.4 is 0 Å². The molecule has 0 aliphatic heterocycles. The van der Waals surface area contributed by atoms with Crippen molar-refractivity contribution >= 4 is 47.8 Å². The Morgan fingerprint density at radius 3 is 1.49 bits per heavy atom. The molecule has 0 spiro atoms. The van der Waals surface area contributed by atoms with E-state index in [1.54, 1.807) is 0 Å². The summed E-state index contributed by atoms with van der Waals surface area (Å²) in [6.07, 6.45) is 4.39. The van der Waals surface area contributed by atoms with Crippen molar-refractivity contribution in [1.29, 1.82) is 0 Å². The van der Waals surface area contributed by atoms with Crippen LogP contribution in [0.1, 0.15) is 47.9 Å². The number of benzene rings is 4. The molecule has 0 N–H and O–H groups in total. The van der Waals surface area contributed by atoms with Gasteiger partial charge in [-0.25, -0.2) is 0 Å². The Morgan fingerprint density at radius 2 is 0.946 bits per heavy atom. The first-order valence-electron chi connectivity index (χ1n) is 13.1. The Kier molecular flexibility index (Phi) is 5.54. The van der Waals surface area contributed by atoms with Gasteiger partial charge < -0.3 is 0 Å². The maximum Gasteiger partial charge on any atom is 0.101 e. The molecule has 0 aromatic heterocycles. The van der Waals surface area contributed by atoms with Gasteiger partial charge in [-0.15, -0.1) is 0 Å². The normalized spacial score (nSPS) is 35.4. The summed E-state index contributed by atoms with van der Waals surface area (Å²) in [6.45, 7) is 0. The summed E-state index contributed by atoms with van der Waals surface area (Å²) >= 11 is 13.5.